The molecule has 0 aliphatic carbocycles. The van der Waals surface area contributed by atoms with Gasteiger partial charge in [0.1, 0.15) is 0 Å². The van der Waals surface area contributed by atoms with Gasteiger partial charge >= 0.3 is 10.2 Å². The average molecular weight is 313 g/mol. The van der Waals surface area contributed by atoms with Crippen molar-refractivity contribution in [2.45, 2.75) is 45.2 Å². The van der Waals surface area contributed by atoms with E-state index in [1.807, 2.05) is 0 Å². The van der Waals surface area contributed by atoms with Crippen molar-refractivity contribution >= 4 is 16.0 Å². The number of nitrogens with one attached hydrogen (secondary N) is 2. The Morgan fingerprint density at radius 3 is 2.90 bits per heavy atom. The number of piperidine rings is 1. The zero-order chi connectivity index (χ0) is 15.3. The van der Waals surface area contributed by atoms with Crippen molar-refractivity contribution in [2.75, 3.05) is 17.8 Å². The van der Waals surface area contributed by atoms with E-state index >= 15 is 0 Å². The van der Waals surface area contributed by atoms with E-state index in [-0.39, 0.29) is 11.9 Å². The molecular weight excluding hydrogens is 290 g/mol. The van der Waals surface area contributed by atoms with Gasteiger partial charge in [-0.3, -0.25) is 4.72 Å². The van der Waals surface area contributed by atoms with E-state index in [2.05, 4.69) is 34.1 Å². The van der Waals surface area contributed by atoms with Crippen molar-refractivity contribution < 1.29 is 8.42 Å². The van der Waals surface area contributed by atoms with Gasteiger partial charge in [0.2, 0.25) is 0 Å². The number of hydrogen-bond donors (Lipinski definition) is 2. The van der Waals surface area contributed by atoms with E-state index in [1.165, 1.54) is 6.20 Å². The van der Waals surface area contributed by atoms with Gasteiger partial charge in [-0.2, -0.15) is 17.8 Å². The maximum absolute atomic E-state index is 12.5. The molecule has 1 aromatic heterocycles. The Balaban J connectivity index is 2.08. The van der Waals surface area contributed by atoms with E-state index < -0.39 is 10.2 Å². The summed E-state index contributed by atoms with van der Waals surface area (Å²) in [7, 11) is -3.59. The molecule has 1 atom stereocenters. The fraction of sp³-hybridized carbons (Fsp3) is 0.692. The number of aromatic nitrogens is 2. The van der Waals surface area contributed by atoms with E-state index in [4.69, 9.17) is 0 Å². The molecule has 0 saturated carbocycles. The highest BCUT2D eigenvalue weighted by Crippen LogP contribution is 2.21. The van der Waals surface area contributed by atoms with Crippen molar-refractivity contribution in [3.8, 4) is 0 Å². The molecular formula is C13H23N5O2S. The van der Waals surface area contributed by atoms with E-state index in [1.54, 1.807) is 16.4 Å². The van der Waals surface area contributed by atoms with Gasteiger partial charge in [-0.15, -0.1) is 5.10 Å². The van der Waals surface area contributed by atoms with Crippen molar-refractivity contribution in [1.82, 2.24) is 19.8 Å². The molecule has 1 aliphatic rings. The monoisotopic (exact) mass is 313 g/mol. The van der Waals surface area contributed by atoms with Crippen molar-refractivity contribution in [3.63, 3.8) is 0 Å². The molecule has 118 valence electrons. The summed E-state index contributed by atoms with van der Waals surface area (Å²) in [6.45, 7) is 5.32. The zero-order valence-corrected chi connectivity index (χ0v) is 13.3. The first-order chi connectivity index (χ1) is 9.99. The second-order valence-corrected chi connectivity index (χ2v) is 7.16. The third-order valence-electron chi connectivity index (χ3n) is 3.45. The van der Waals surface area contributed by atoms with Crippen LogP contribution in [0.5, 0.6) is 0 Å². The highest BCUT2D eigenvalue weighted by molar-refractivity contribution is 7.90. The smallest absolute Gasteiger partial charge is 0.303 e. The van der Waals surface area contributed by atoms with E-state index in [0.717, 1.165) is 19.3 Å². The lowest BCUT2D eigenvalue weighted by atomic mass is 10.0. The van der Waals surface area contributed by atoms with E-state index in [0.29, 0.717) is 19.1 Å². The van der Waals surface area contributed by atoms with Gasteiger partial charge in [0.15, 0.2) is 5.82 Å². The predicted octanol–water partition coefficient (Wildman–Crippen LogP) is 0.986. The first-order valence-corrected chi connectivity index (χ1v) is 8.74. The van der Waals surface area contributed by atoms with Crippen LogP contribution >= 0.6 is 0 Å². The topological polar surface area (TPSA) is 87.2 Å². The molecule has 21 heavy (non-hydrogen) atoms. The van der Waals surface area contributed by atoms with Gasteiger partial charge in [-0.25, -0.2) is 0 Å². The molecule has 0 radical (unpaired) electrons. The summed E-state index contributed by atoms with van der Waals surface area (Å²) in [6.07, 6.45) is 4.33. The quantitative estimate of drug-likeness (QED) is 0.817. The summed E-state index contributed by atoms with van der Waals surface area (Å²) in [4.78, 5) is 0. The maximum Gasteiger partial charge on any atom is 0.303 e. The molecule has 1 fully saturated rings. The first-order valence-electron chi connectivity index (χ1n) is 7.30. The lowest BCUT2D eigenvalue weighted by Gasteiger charge is -2.35. The Hall–Kier alpha value is -1.25. The Labute approximate surface area is 126 Å². The minimum atomic E-state index is -3.59. The molecule has 0 amide bonds. The third kappa shape index (κ3) is 4.62. The van der Waals surface area contributed by atoms with Crippen LogP contribution in [-0.4, -0.2) is 48.1 Å². The minimum Gasteiger partial charge on any atom is -0.313 e. The molecule has 1 unspecified atom stereocenters. The molecule has 2 heterocycles. The van der Waals surface area contributed by atoms with Gasteiger partial charge < -0.3 is 5.32 Å². The van der Waals surface area contributed by atoms with Gasteiger partial charge in [0, 0.05) is 31.4 Å². The fourth-order valence-corrected chi connectivity index (χ4v) is 3.85. The molecule has 1 saturated heterocycles. The Bertz CT molecular complexity index is 535. The Morgan fingerprint density at radius 2 is 2.24 bits per heavy atom. The van der Waals surface area contributed by atoms with Crippen LogP contribution in [0.1, 0.15) is 33.1 Å². The second-order valence-electron chi connectivity index (χ2n) is 5.54. The Kier molecular flexibility index (Phi) is 5.49. The number of anilines is 1. The summed E-state index contributed by atoms with van der Waals surface area (Å²) in [5.74, 6) is 0.249. The summed E-state index contributed by atoms with van der Waals surface area (Å²) in [5.41, 5.74) is 0. The normalized spacial score (nSPS) is 20.6. The molecule has 0 spiro atoms. The average Bonchev–Trinajstić information content (AvgIpc) is 2.46. The largest absolute Gasteiger partial charge is 0.313 e. The molecule has 1 aromatic rings. The van der Waals surface area contributed by atoms with Crippen LogP contribution < -0.4 is 10.0 Å². The summed E-state index contributed by atoms with van der Waals surface area (Å²) < 4.78 is 29.1. The van der Waals surface area contributed by atoms with Crippen LogP contribution in [0.25, 0.3) is 0 Å². The molecule has 8 heteroatoms. The van der Waals surface area contributed by atoms with Gasteiger partial charge in [0.05, 0.1) is 0 Å². The number of rotatable bonds is 6. The number of hydrogen-bond acceptors (Lipinski definition) is 5. The predicted molar refractivity (Wildman–Crippen MR) is 82.1 cm³/mol. The van der Waals surface area contributed by atoms with Crippen molar-refractivity contribution in [2.24, 2.45) is 0 Å². The molecule has 0 bridgehead atoms. The van der Waals surface area contributed by atoms with Crippen LogP contribution in [0, 0.1) is 0 Å². The minimum absolute atomic E-state index is 0.0182. The van der Waals surface area contributed by atoms with Crippen LogP contribution in [0.2, 0.25) is 0 Å². The van der Waals surface area contributed by atoms with Gasteiger partial charge in [0.25, 0.3) is 0 Å². The molecule has 2 rings (SSSR count). The summed E-state index contributed by atoms with van der Waals surface area (Å²) in [6, 6.07) is 3.56. The summed E-state index contributed by atoms with van der Waals surface area (Å²) in [5, 5.41) is 10.8. The van der Waals surface area contributed by atoms with Crippen molar-refractivity contribution in [1.29, 1.82) is 0 Å². The molecule has 0 aromatic carbocycles. The van der Waals surface area contributed by atoms with Crippen LogP contribution in [0.4, 0.5) is 5.82 Å². The van der Waals surface area contributed by atoms with Crippen LogP contribution in [0.15, 0.2) is 18.3 Å². The number of nitrogens with zero attached hydrogens (tertiary/aromatic N) is 3. The standard InChI is InChI=1S/C13H23N5O2S/c1-11(2)14-10-12-6-3-4-9-18(12)21(19,20)17-13-7-5-8-15-16-13/h5,7-8,11-12,14H,3-4,6,9-10H2,1-2H3,(H,16,17). The molecule has 7 nitrogen and oxygen atoms in total. The van der Waals surface area contributed by atoms with Gasteiger partial charge in [-0.1, -0.05) is 20.3 Å². The highest BCUT2D eigenvalue weighted by Gasteiger charge is 2.32. The molecule has 2 N–H and O–H groups in total. The van der Waals surface area contributed by atoms with Gasteiger partial charge in [-0.05, 0) is 25.0 Å². The van der Waals surface area contributed by atoms with E-state index in [9.17, 15) is 8.42 Å². The first kappa shape index (κ1) is 16.1. The Morgan fingerprint density at radius 1 is 1.43 bits per heavy atom. The maximum atomic E-state index is 12.5. The molecule has 1 aliphatic heterocycles. The van der Waals surface area contributed by atoms with Crippen LogP contribution in [-0.2, 0) is 10.2 Å². The van der Waals surface area contributed by atoms with Crippen LogP contribution in [0.3, 0.4) is 0 Å². The lowest BCUT2D eigenvalue weighted by Crippen LogP contribution is -2.51. The SMILES string of the molecule is CC(C)NCC1CCCCN1S(=O)(=O)Nc1cccnn1. The highest BCUT2D eigenvalue weighted by atomic mass is 32.2. The second kappa shape index (κ2) is 7.15. The third-order valence-corrected chi connectivity index (χ3v) is 5.01. The summed E-state index contributed by atoms with van der Waals surface area (Å²) >= 11 is 0. The lowest BCUT2D eigenvalue weighted by molar-refractivity contribution is 0.243. The van der Waals surface area contributed by atoms with Crippen molar-refractivity contribution in [3.05, 3.63) is 18.3 Å². The zero-order valence-electron chi connectivity index (χ0n) is 12.5. The fourth-order valence-electron chi connectivity index (χ4n) is 2.41.